The number of ether oxygens (including phenoxy) is 1. The molecule has 1 N–H and O–H groups in total. The molecular weight excluding hydrogens is 198 g/mol. The summed E-state index contributed by atoms with van der Waals surface area (Å²) < 4.78 is 5.34. The fraction of sp³-hybridized carbons (Fsp3) is 0.571. The number of nitrogens with one attached hydrogen (secondary N) is 1. The Hall–Kier alpha value is -1.18. The molecule has 2 nitrogen and oxygen atoms in total. The smallest absolute Gasteiger partial charge is 0.141 e. The first-order valence-electron chi connectivity index (χ1n) is 6.09. The van der Waals surface area contributed by atoms with Gasteiger partial charge in [0.15, 0.2) is 0 Å². The minimum atomic E-state index is 0.741. The van der Waals surface area contributed by atoms with Crippen LogP contribution in [-0.2, 0) is 0 Å². The zero-order valence-corrected chi connectivity index (χ0v) is 10.8. The second-order valence-electron chi connectivity index (χ2n) is 4.27. The van der Waals surface area contributed by atoms with Gasteiger partial charge in [0.25, 0.3) is 0 Å². The molecule has 0 amide bonds. The van der Waals surface area contributed by atoms with Gasteiger partial charge in [-0.1, -0.05) is 32.8 Å². The molecule has 0 aliphatic heterocycles. The van der Waals surface area contributed by atoms with E-state index < -0.39 is 0 Å². The Morgan fingerprint density at radius 3 is 2.50 bits per heavy atom. The first-order valence-corrected chi connectivity index (χ1v) is 6.09. The monoisotopic (exact) mass is 221 g/mol. The van der Waals surface area contributed by atoms with Crippen molar-refractivity contribution in [3.8, 4) is 5.75 Å². The molecule has 0 heterocycles. The highest BCUT2D eigenvalue weighted by Crippen LogP contribution is 2.25. The van der Waals surface area contributed by atoms with E-state index in [9.17, 15) is 0 Å². The van der Waals surface area contributed by atoms with Crippen molar-refractivity contribution in [1.82, 2.24) is 0 Å². The average molecular weight is 221 g/mol. The van der Waals surface area contributed by atoms with Crippen LogP contribution in [0.5, 0.6) is 5.75 Å². The largest absolute Gasteiger partial charge is 0.495 e. The molecule has 16 heavy (non-hydrogen) atoms. The van der Waals surface area contributed by atoms with Crippen molar-refractivity contribution in [3.05, 3.63) is 23.8 Å². The summed E-state index contributed by atoms with van der Waals surface area (Å²) in [6, 6.07) is 6.23. The summed E-state index contributed by atoms with van der Waals surface area (Å²) in [4.78, 5) is 0. The number of methoxy groups -OCH3 is 1. The Morgan fingerprint density at radius 2 is 1.94 bits per heavy atom. The number of anilines is 1. The lowest BCUT2D eigenvalue weighted by atomic mass is 10.0. The maximum Gasteiger partial charge on any atom is 0.141 e. The van der Waals surface area contributed by atoms with Gasteiger partial charge in [0, 0.05) is 6.54 Å². The normalized spacial score (nSPS) is 10.6. The van der Waals surface area contributed by atoms with Gasteiger partial charge in [-0.05, 0) is 30.5 Å². The fourth-order valence-corrected chi connectivity index (χ4v) is 1.79. The molecular formula is C14H23NO. The van der Waals surface area contributed by atoms with Gasteiger partial charge in [-0.15, -0.1) is 0 Å². The summed E-state index contributed by atoms with van der Waals surface area (Å²) in [6.45, 7) is 7.60. The predicted molar refractivity (Wildman–Crippen MR) is 70.3 cm³/mol. The summed E-state index contributed by atoms with van der Waals surface area (Å²) in [5.74, 6) is 1.67. The van der Waals surface area contributed by atoms with Crippen LogP contribution in [0.15, 0.2) is 18.2 Å². The summed E-state index contributed by atoms with van der Waals surface area (Å²) in [6.07, 6.45) is 2.44. The van der Waals surface area contributed by atoms with E-state index in [1.165, 1.54) is 18.4 Å². The SMILES string of the molecule is CCC(CC)CNc1cc(C)ccc1OC. The molecule has 0 saturated carbocycles. The number of benzene rings is 1. The van der Waals surface area contributed by atoms with Crippen molar-refractivity contribution < 1.29 is 4.74 Å². The van der Waals surface area contributed by atoms with Crippen molar-refractivity contribution in [2.24, 2.45) is 5.92 Å². The van der Waals surface area contributed by atoms with Gasteiger partial charge in [0.2, 0.25) is 0 Å². The average Bonchev–Trinajstić information content (AvgIpc) is 2.30. The summed E-state index contributed by atoms with van der Waals surface area (Å²) in [7, 11) is 1.72. The van der Waals surface area contributed by atoms with Crippen molar-refractivity contribution in [2.45, 2.75) is 33.6 Å². The van der Waals surface area contributed by atoms with Crippen LogP contribution < -0.4 is 10.1 Å². The number of aryl methyl sites for hydroxylation is 1. The van der Waals surface area contributed by atoms with Crippen molar-refractivity contribution in [2.75, 3.05) is 19.0 Å². The summed E-state index contributed by atoms with van der Waals surface area (Å²) in [5, 5.41) is 3.48. The molecule has 1 aromatic carbocycles. The van der Waals surface area contributed by atoms with E-state index in [1.807, 2.05) is 6.07 Å². The predicted octanol–water partition coefficient (Wildman–Crippen LogP) is 3.85. The maximum atomic E-state index is 5.34. The van der Waals surface area contributed by atoms with Crippen molar-refractivity contribution in [1.29, 1.82) is 0 Å². The van der Waals surface area contributed by atoms with Gasteiger partial charge >= 0.3 is 0 Å². The van der Waals surface area contributed by atoms with Gasteiger partial charge in [-0.3, -0.25) is 0 Å². The minimum Gasteiger partial charge on any atom is -0.495 e. The topological polar surface area (TPSA) is 21.3 Å². The third-order valence-electron chi connectivity index (χ3n) is 3.09. The Labute approximate surface area is 99.0 Å². The molecule has 0 aliphatic carbocycles. The van der Waals surface area contributed by atoms with Crippen LogP contribution in [0.4, 0.5) is 5.69 Å². The van der Waals surface area contributed by atoms with Gasteiger partial charge < -0.3 is 10.1 Å². The highest BCUT2D eigenvalue weighted by Gasteiger charge is 2.06. The lowest BCUT2D eigenvalue weighted by Gasteiger charge is -2.16. The van der Waals surface area contributed by atoms with Crippen LogP contribution in [0, 0.1) is 12.8 Å². The highest BCUT2D eigenvalue weighted by atomic mass is 16.5. The van der Waals surface area contributed by atoms with E-state index in [0.29, 0.717) is 0 Å². The van der Waals surface area contributed by atoms with Crippen molar-refractivity contribution >= 4 is 5.69 Å². The molecule has 2 heteroatoms. The molecule has 0 spiro atoms. The summed E-state index contributed by atoms with van der Waals surface area (Å²) in [5.41, 5.74) is 2.36. The van der Waals surface area contributed by atoms with E-state index in [4.69, 9.17) is 4.74 Å². The Kier molecular flexibility index (Phi) is 5.17. The fourth-order valence-electron chi connectivity index (χ4n) is 1.79. The Bertz CT molecular complexity index is 319. The Balaban J connectivity index is 2.68. The molecule has 1 rings (SSSR count). The first-order chi connectivity index (χ1) is 7.71. The second-order valence-corrected chi connectivity index (χ2v) is 4.27. The van der Waals surface area contributed by atoms with Gasteiger partial charge in [-0.2, -0.15) is 0 Å². The molecule has 0 aliphatic rings. The van der Waals surface area contributed by atoms with Gasteiger partial charge in [0.05, 0.1) is 12.8 Å². The lowest BCUT2D eigenvalue weighted by Crippen LogP contribution is -2.13. The maximum absolute atomic E-state index is 5.34. The molecule has 0 atom stereocenters. The molecule has 0 fully saturated rings. The molecule has 0 bridgehead atoms. The first kappa shape index (κ1) is 12.9. The third-order valence-corrected chi connectivity index (χ3v) is 3.09. The minimum absolute atomic E-state index is 0.741. The Morgan fingerprint density at radius 1 is 1.25 bits per heavy atom. The van der Waals surface area contributed by atoms with Crippen LogP contribution in [0.2, 0.25) is 0 Å². The van der Waals surface area contributed by atoms with E-state index in [0.717, 1.165) is 23.9 Å². The quantitative estimate of drug-likeness (QED) is 0.787. The molecule has 0 saturated heterocycles. The van der Waals surface area contributed by atoms with E-state index >= 15 is 0 Å². The standard InChI is InChI=1S/C14H23NO/c1-5-12(6-2)10-15-13-9-11(3)7-8-14(13)16-4/h7-9,12,15H,5-6,10H2,1-4H3. The van der Waals surface area contributed by atoms with Crippen LogP contribution in [0.1, 0.15) is 32.3 Å². The van der Waals surface area contributed by atoms with Gasteiger partial charge in [0.1, 0.15) is 5.75 Å². The molecule has 1 aromatic rings. The molecule has 0 aromatic heterocycles. The zero-order valence-electron chi connectivity index (χ0n) is 10.8. The van der Waals surface area contributed by atoms with Crippen molar-refractivity contribution in [3.63, 3.8) is 0 Å². The van der Waals surface area contributed by atoms with E-state index in [1.54, 1.807) is 7.11 Å². The third kappa shape index (κ3) is 3.44. The van der Waals surface area contributed by atoms with Crippen LogP contribution in [0.3, 0.4) is 0 Å². The zero-order chi connectivity index (χ0) is 12.0. The highest BCUT2D eigenvalue weighted by molar-refractivity contribution is 5.57. The van der Waals surface area contributed by atoms with Gasteiger partial charge in [-0.25, -0.2) is 0 Å². The van der Waals surface area contributed by atoms with Crippen LogP contribution in [-0.4, -0.2) is 13.7 Å². The molecule has 0 unspecified atom stereocenters. The molecule has 0 radical (unpaired) electrons. The van der Waals surface area contributed by atoms with E-state index in [-0.39, 0.29) is 0 Å². The lowest BCUT2D eigenvalue weighted by molar-refractivity contribution is 0.415. The number of hydrogen-bond acceptors (Lipinski definition) is 2. The number of hydrogen-bond donors (Lipinski definition) is 1. The van der Waals surface area contributed by atoms with E-state index in [2.05, 4.69) is 38.2 Å². The molecule has 90 valence electrons. The summed E-state index contributed by atoms with van der Waals surface area (Å²) >= 11 is 0. The van der Waals surface area contributed by atoms with Crippen LogP contribution in [0.25, 0.3) is 0 Å². The van der Waals surface area contributed by atoms with Crippen LogP contribution >= 0.6 is 0 Å². The number of rotatable bonds is 6. The second kappa shape index (κ2) is 6.41.